The largest absolute Gasteiger partial charge is 0.488 e. The fourth-order valence-electron chi connectivity index (χ4n) is 3.97. The minimum atomic E-state index is -0.227. The highest BCUT2D eigenvalue weighted by atomic mass is 35.5. The van der Waals surface area contributed by atoms with E-state index in [1.807, 2.05) is 79.7 Å². The molecule has 0 aliphatic rings. The van der Waals surface area contributed by atoms with Crippen molar-refractivity contribution in [2.24, 2.45) is 0 Å². The summed E-state index contributed by atoms with van der Waals surface area (Å²) in [6, 6.07) is 23.2. The predicted octanol–water partition coefficient (Wildman–Crippen LogP) is 6.08. The van der Waals surface area contributed by atoms with E-state index in [1.54, 1.807) is 18.1 Å². The Morgan fingerprint density at radius 3 is 2.59 bits per heavy atom. The summed E-state index contributed by atoms with van der Waals surface area (Å²) in [4.78, 5) is 18.0. The quantitative estimate of drug-likeness (QED) is 0.259. The smallest absolute Gasteiger partial charge is 0.248 e. The zero-order valence-corrected chi connectivity index (χ0v) is 21.9. The van der Waals surface area contributed by atoms with Crippen molar-refractivity contribution in [2.45, 2.75) is 19.6 Å². The monoisotopic (exact) mass is 519 g/mol. The number of nitrogens with one attached hydrogen (secondary N) is 1. The fourth-order valence-corrected chi connectivity index (χ4v) is 4.21. The average Bonchev–Trinajstić information content (AvgIpc) is 2.89. The molecule has 0 unspecified atom stereocenters. The van der Waals surface area contributed by atoms with Crippen molar-refractivity contribution in [2.75, 3.05) is 32.6 Å². The van der Waals surface area contributed by atoms with E-state index in [0.717, 1.165) is 33.6 Å². The Balaban J connectivity index is 1.51. The summed E-state index contributed by atoms with van der Waals surface area (Å²) in [5.41, 5.74) is 2.52. The van der Waals surface area contributed by atoms with Gasteiger partial charge in [0.25, 0.3) is 0 Å². The van der Waals surface area contributed by atoms with Gasteiger partial charge in [-0.2, -0.15) is 0 Å². The third kappa shape index (κ3) is 6.90. The fraction of sp³-hybridized carbons (Fsp3) is 0.241. The Morgan fingerprint density at radius 2 is 1.86 bits per heavy atom. The molecule has 37 heavy (non-hydrogen) atoms. The van der Waals surface area contributed by atoms with Gasteiger partial charge in [0, 0.05) is 31.4 Å². The molecule has 0 saturated heterocycles. The molecular weight excluding hydrogens is 490 g/mol. The zero-order chi connectivity index (χ0) is 26.2. The van der Waals surface area contributed by atoms with E-state index in [-0.39, 0.29) is 18.6 Å². The molecule has 4 aromatic rings. The van der Waals surface area contributed by atoms with Crippen LogP contribution in [0.15, 0.2) is 79.0 Å². The lowest BCUT2D eigenvalue weighted by atomic mass is 10.1. The molecule has 1 heterocycles. The first kappa shape index (κ1) is 26.3. The molecule has 0 bridgehead atoms. The van der Waals surface area contributed by atoms with Crippen LogP contribution in [0, 0.1) is 0 Å². The van der Waals surface area contributed by atoms with Gasteiger partial charge >= 0.3 is 0 Å². The summed E-state index contributed by atoms with van der Waals surface area (Å²) in [7, 11) is 3.25. The summed E-state index contributed by atoms with van der Waals surface area (Å²) < 4.78 is 17.1. The first-order valence-corrected chi connectivity index (χ1v) is 12.3. The van der Waals surface area contributed by atoms with Gasteiger partial charge in [0.15, 0.2) is 0 Å². The van der Waals surface area contributed by atoms with Gasteiger partial charge in [0.2, 0.25) is 5.91 Å². The number of halogens is 1. The van der Waals surface area contributed by atoms with Crippen LogP contribution in [-0.4, -0.2) is 49.2 Å². The van der Waals surface area contributed by atoms with Crippen molar-refractivity contribution in [1.29, 1.82) is 0 Å². The predicted molar refractivity (Wildman–Crippen MR) is 147 cm³/mol. The standard InChI is InChI=1S/C29H30ClN3O4/c1-20(17-33(2)28(34)19-35-3)37-27-12-7-9-21-8-6-11-25(29(21)27)32-22-13-14-26(24(30)16-22)36-18-23-10-4-5-15-31-23/h4-16,20,32H,17-19H2,1-3H3/t20-/m0/s1. The minimum absolute atomic E-state index is 0.0427. The van der Waals surface area contributed by atoms with E-state index in [2.05, 4.69) is 10.3 Å². The molecule has 4 rings (SSSR count). The van der Waals surface area contributed by atoms with Crippen molar-refractivity contribution < 1.29 is 19.0 Å². The van der Waals surface area contributed by atoms with Crippen LogP contribution in [-0.2, 0) is 16.1 Å². The maximum absolute atomic E-state index is 12.1. The van der Waals surface area contributed by atoms with Gasteiger partial charge in [-0.05, 0) is 54.8 Å². The number of methoxy groups -OCH3 is 1. The highest BCUT2D eigenvalue weighted by Gasteiger charge is 2.16. The Hall–Kier alpha value is -3.81. The van der Waals surface area contributed by atoms with Crippen LogP contribution in [0.5, 0.6) is 11.5 Å². The van der Waals surface area contributed by atoms with Crippen molar-refractivity contribution >= 4 is 39.7 Å². The summed E-state index contributed by atoms with van der Waals surface area (Å²) >= 11 is 6.53. The van der Waals surface area contributed by atoms with Gasteiger partial charge in [0.1, 0.15) is 30.8 Å². The molecule has 1 amide bonds. The average molecular weight is 520 g/mol. The number of aromatic nitrogens is 1. The van der Waals surface area contributed by atoms with Crippen LogP contribution in [0.25, 0.3) is 10.8 Å². The molecule has 1 N–H and O–H groups in total. The molecule has 0 spiro atoms. The summed E-state index contributed by atoms with van der Waals surface area (Å²) in [6.07, 6.45) is 1.50. The van der Waals surface area contributed by atoms with E-state index in [4.69, 9.17) is 25.8 Å². The Bertz CT molecular complexity index is 1340. The number of benzene rings is 3. The van der Waals surface area contributed by atoms with Crippen molar-refractivity contribution in [1.82, 2.24) is 9.88 Å². The second-order valence-electron chi connectivity index (χ2n) is 8.68. The van der Waals surface area contributed by atoms with Crippen LogP contribution in [0.1, 0.15) is 12.6 Å². The number of hydrogen-bond acceptors (Lipinski definition) is 6. The van der Waals surface area contributed by atoms with E-state index in [9.17, 15) is 4.79 Å². The molecule has 192 valence electrons. The Kier molecular flexibility index (Phi) is 8.82. The number of carbonyl (C=O) groups is 1. The number of anilines is 2. The summed E-state index contributed by atoms with van der Waals surface area (Å²) in [5, 5.41) is 5.93. The highest BCUT2D eigenvalue weighted by Crippen LogP contribution is 2.36. The number of amides is 1. The van der Waals surface area contributed by atoms with E-state index in [1.165, 1.54) is 7.11 Å². The van der Waals surface area contributed by atoms with Crippen molar-refractivity contribution in [3.63, 3.8) is 0 Å². The minimum Gasteiger partial charge on any atom is -0.488 e. The molecular formula is C29H30ClN3O4. The molecule has 0 aliphatic heterocycles. The second kappa shape index (κ2) is 12.4. The number of likely N-dealkylation sites (N-methyl/N-ethyl adjacent to an activating group) is 1. The van der Waals surface area contributed by atoms with Crippen molar-refractivity contribution in [3.8, 4) is 11.5 Å². The van der Waals surface area contributed by atoms with Gasteiger partial charge in [-0.15, -0.1) is 0 Å². The highest BCUT2D eigenvalue weighted by molar-refractivity contribution is 6.32. The SMILES string of the molecule is COCC(=O)N(C)C[C@H](C)Oc1cccc2cccc(Nc3ccc(OCc4ccccn4)c(Cl)c3)c12. The van der Waals surface area contributed by atoms with Gasteiger partial charge in [0.05, 0.1) is 22.9 Å². The van der Waals surface area contributed by atoms with Crippen LogP contribution >= 0.6 is 11.6 Å². The van der Waals surface area contributed by atoms with Crippen LogP contribution < -0.4 is 14.8 Å². The normalized spacial score (nSPS) is 11.7. The molecule has 0 radical (unpaired) electrons. The van der Waals surface area contributed by atoms with Gasteiger partial charge < -0.3 is 24.4 Å². The topological polar surface area (TPSA) is 72.9 Å². The molecule has 1 aromatic heterocycles. The van der Waals surface area contributed by atoms with Crippen LogP contribution in [0.3, 0.4) is 0 Å². The first-order chi connectivity index (χ1) is 17.9. The molecule has 1 atom stereocenters. The Morgan fingerprint density at radius 1 is 1.05 bits per heavy atom. The molecule has 0 fully saturated rings. The molecule has 3 aromatic carbocycles. The third-order valence-corrected chi connectivity index (χ3v) is 6.03. The number of pyridine rings is 1. The number of rotatable bonds is 11. The number of fused-ring (bicyclic) bond motifs is 1. The van der Waals surface area contributed by atoms with E-state index >= 15 is 0 Å². The lowest BCUT2D eigenvalue weighted by molar-refractivity contribution is -0.134. The number of carbonyl (C=O) groups excluding carboxylic acids is 1. The molecule has 0 saturated carbocycles. The van der Waals surface area contributed by atoms with E-state index < -0.39 is 0 Å². The van der Waals surface area contributed by atoms with Crippen LogP contribution in [0.4, 0.5) is 11.4 Å². The number of hydrogen-bond donors (Lipinski definition) is 1. The van der Waals surface area contributed by atoms with Gasteiger partial charge in [-0.3, -0.25) is 9.78 Å². The zero-order valence-electron chi connectivity index (χ0n) is 21.1. The summed E-state index contributed by atoms with van der Waals surface area (Å²) in [5.74, 6) is 1.21. The van der Waals surface area contributed by atoms with Crippen LogP contribution in [0.2, 0.25) is 5.02 Å². The van der Waals surface area contributed by atoms with E-state index in [0.29, 0.717) is 23.9 Å². The first-order valence-electron chi connectivity index (χ1n) is 11.9. The third-order valence-electron chi connectivity index (χ3n) is 5.73. The van der Waals surface area contributed by atoms with Gasteiger partial charge in [-0.25, -0.2) is 0 Å². The lowest BCUT2D eigenvalue weighted by Crippen LogP contribution is -2.37. The number of nitrogens with zero attached hydrogens (tertiary/aromatic N) is 2. The number of ether oxygens (including phenoxy) is 3. The molecule has 7 nitrogen and oxygen atoms in total. The van der Waals surface area contributed by atoms with Crippen molar-refractivity contribution in [3.05, 3.63) is 89.7 Å². The molecule has 8 heteroatoms. The molecule has 0 aliphatic carbocycles. The maximum Gasteiger partial charge on any atom is 0.248 e. The lowest BCUT2D eigenvalue weighted by Gasteiger charge is -2.23. The second-order valence-corrected chi connectivity index (χ2v) is 9.08. The summed E-state index contributed by atoms with van der Waals surface area (Å²) in [6.45, 7) is 2.75. The Labute approximate surface area is 221 Å². The maximum atomic E-state index is 12.1. The van der Waals surface area contributed by atoms with Gasteiger partial charge in [-0.1, -0.05) is 41.9 Å².